The molecule has 1 atom stereocenters. The number of amides is 2. The van der Waals surface area contributed by atoms with E-state index in [0.29, 0.717) is 18.3 Å². The SMILES string of the molecule is CC(C)CSc1cccc(-c2cc(N(C)C(=O)[C@@H]3CNC(=O)C3)nn2-c2ccccc2)c1. The van der Waals surface area contributed by atoms with Crippen molar-refractivity contribution >= 4 is 29.4 Å². The lowest BCUT2D eigenvalue weighted by Crippen LogP contribution is -2.34. The summed E-state index contributed by atoms with van der Waals surface area (Å²) in [5.41, 5.74) is 2.88. The number of hydrogen-bond donors (Lipinski definition) is 1. The third-order valence-corrected chi connectivity index (χ3v) is 6.83. The Hall–Kier alpha value is -3.06. The van der Waals surface area contributed by atoms with Gasteiger partial charge in [-0.1, -0.05) is 44.2 Å². The fourth-order valence-electron chi connectivity index (χ4n) is 3.68. The highest BCUT2D eigenvalue weighted by molar-refractivity contribution is 7.99. The first-order chi connectivity index (χ1) is 15.4. The Kier molecular flexibility index (Phi) is 6.65. The van der Waals surface area contributed by atoms with E-state index in [1.165, 1.54) is 4.90 Å². The molecule has 2 aromatic carbocycles. The number of thioether (sulfide) groups is 1. The number of carbonyl (C=O) groups excluding carboxylic acids is 2. The number of carbonyl (C=O) groups is 2. The zero-order chi connectivity index (χ0) is 22.7. The molecule has 7 heteroatoms. The summed E-state index contributed by atoms with van der Waals surface area (Å²) in [6, 6.07) is 20.3. The molecule has 1 N–H and O–H groups in total. The summed E-state index contributed by atoms with van der Waals surface area (Å²) >= 11 is 1.84. The largest absolute Gasteiger partial charge is 0.355 e. The van der Waals surface area contributed by atoms with Crippen LogP contribution >= 0.6 is 11.8 Å². The molecule has 0 saturated carbocycles. The molecule has 3 aromatic rings. The monoisotopic (exact) mass is 448 g/mol. The second-order valence-electron chi connectivity index (χ2n) is 8.47. The first-order valence-electron chi connectivity index (χ1n) is 10.9. The summed E-state index contributed by atoms with van der Waals surface area (Å²) in [6.07, 6.45) is 0.227. The van der Waals surface area contributed by atoms with Crippen molar-refractivity contribution < 1.29 is 9.59 Å². The number of hydrogen-bond acceptors (Lipinski definition) is 4. The molecule has 1 fully saturated rings. The number of benzene rings is 2. The maximum Gasteiger partial charge on any atom is 0.233 e. The average Bonchev–Trinajstić information content (AvgIpc) is 3.44. The van der Waals surface area contributed by atoms with Crippen LogP contribution in [0.5, 0.6) is 0 Å². The van der Waals surface area contributed by atoms with Gasteiger partial charge in [-0.05, 0) is 30.2 Å². The Morgan fingerprint density at radius 3 is 2.66 bits per heavy atom. The molecule has 0 unspecified atom stereocenters. The van der Waals surface area contributed by atoms with Crippen LogP contribution in [0.2, 0.25) is 0 Å². The first kappa shape index (κ1) is 22.1. The van der Waals surface area contributed by atoms with Gasteiger partial charge in [0.1, 0.15) is 0 Å². The normalized spacial score (nSPS) is 15.8. The van der Waals surface area contributed by atoms with E-state index in [1.807, 2.05) is 52.8 Å². The standard InChI is InChI=1S/C25H28N4O2S/c1-17(2)16-32-21-11-7-8-18(12-21)22-14-23(27-29(22)20-9-5-4-6-10-20)28(3)25(31)19-13-24(30)26-15-19/h4-12,14,17,19H,13,15-16H2,1-3H3,(H,26,30)/t19-/m0/s1. The van der Waals surface area contributed by atoms with E-state index in [4.69, 9.17) is 5.10 Å². The maximum absolute atomic E-state index is 13.0. The fraction of sp³-hybridized carbons (Fsp3) is 0.320. The third-order valence-electron chi connectivity index (χ3n) is 5.41. The fourth-order valence-corrected chi connectivity index (χ4v) is 4.59. The van der Waals surface area contributed by atoms with E-state index in [0.717, 1.165) is 22.7 Å². The minimum atomic E-state index is -0.353. The summed E-state index contributed by atoms with van der Waals surface area (Å²) in [4.78, 5) is 27.3. The maximum atomic E-state index is 13.0. The van der Waals surface area contributed by atoms with Crippen molar-refractivity contribution in [1.29, 1.82) is 0 Å². The van der Waals surface area contributed by atoms with Gasteiger partial charge in [-0.15, -0.1) is 16.9 Å². The van der Waals surface area contributed by atoms with Gasteiger partial charge in [0, 0.05) is 42.3 Å². The summed E-state index contributed by atoms with van der Waals surface area (Å²) in [6.45, 7) is 4.81. The van der Waals surface area contributed by atoms with Crippen molar-refractivity contribution in [1.82, 2.24) is 15.1 Å². The smallest absolute Gasteiger partial charge is 0.233 e. The van der Waals surface area contributed by atoms with Crippen molar-refractivity contribution in [3.63, 3.8) is 0 Å². The number of aromatic nitrogens is 2. The Bertz CT molecular complexity index is 1110. The van der Waals surface area contributed by atoms with Gasteiger partial charge in [-0.2, -0.15) is 0 Å². The van der Waals surface area contributed by atoms with Crippen LogP contribution in [0, 0.1) is 11.8 Å². The van der Waals surface area contributed by atoms with Gasteiger partial charge >= 0.3 is 0 Å². The van der Waals surface area contributed by atoms with Crippen molar-refractivity contribution in [2.45, 2.75) is 25.2 Å². The van der Waals surface area contributed by atoms with Gasteiger partial charge in [0.15, 0.2) is 5.82 Å². The predicted molar refractivity (Wildman–Crippen MR) is 129 cm³/mol. The second-order valence-corrected chi connectivity index (χ2v) is 9.56. The topological polar surface area (TPSA) is 67.2 Å². The molecule has 1 aliphatic heterocycles. The van der Waals surface area contributed by atoms with E-state index in [-0.39, 0.29) is 24.2 Å². The highest BCUT2D eigenvalue weighted by Crippen LogP contribution is 2.31. The number of rotatable bonds is 7. The highest BCUT2D eigenvalue weighted by atomic mass is 32.2. The molecule has 6 nitrogen and oxygen atoms in total. The molecule has 32 heavy (non-hydrogen) atoms. The van der Waals surface area contributed by atoms with Crippen molar-refractivity contribution in [2.24, 2.45) is 11.8 Å². The van der Waals surface area contributed by atoms with Gasteiger partial charge in [-0.25, -0.2) is 4.68 Å². The lowest BCUT2D eigenvalue weighted by Gasteiger charge is -2.17. The zero-order valence-corrected chi connectivity index (χ0v) is 19.4. The van der Waals surface area contributed by atoms with E-state index >= 15 is 0 Å². The highest BCUT2D eigenvalue weighted by Gasteiger charge is 2.31. The molecule has 2 heterocycles. The lowest BCUT2D eigenvalue weighted by molar-refractivity contribution is -0.124. The van der Waals surface area contributed by atoms with Crippen LogP contribution in [-0.2, 0) is 9.59 Å². The minimum Gasteiger partial charge on any atom is -0.355 e. The van der Waals surface area contributed by atoms with E-state index < -0.39 is 0 Å². The van der Waals surface area contributed by atoms with Crippen LogP contribution in [0.4, 0.5) is 5.82 Å². The average molecular weight is 449 g/mol. The van der Waals surface area contributed by atoms with Crippen molar-refractivity contribution in [2.75, 3.05) is 24.2 Å². The number of nitrogens with zero attached hydrogens (tertiary/aromatic N) is 3. The Labute approximate surface area is 193 Å². The summed E-state index contributed by atoms with van der Waals surface area (Å²) in [5, 5.41) is 7.52. The Balaban J connectivity index is 1.70. The van der Waals surface area contributed by atoms with Crippen LogP contribution in [-0.4, -0.2) is 40.9 Å². The molecule has 1 aromatic heterocycles. The van der Waals surface area contributed by atoms with Crippen LogP contribution in [0.1, 0.15) is 20.3 Å². The lowest BCUT2D eigenvalue weighted by atomic mass is 10.1. The Morgan fingerprint density at radius 2 is 1.97 bits per heavy atom. The van der Waals surface area contributed by atoms with Gasteiger partial charge in [-0.3, -0.25) is 14.5 Å². The molecule has 1 aliphatic rings. The van der Waals surface area contributed by atoms with Crippen LogP contribution in [0.3, 0.4) is 0 Å². The van der Waals surface area contributed by atoms with E-state index in [2.05, 4.69) is 43.4 Å². The van der Waals surface area contributed by atoms with Gasteiger partial charge in [0.05, 0.1) is 17.3 Å². The quantitative estimate of drug-likeness (QED) is 0.545. The van der Waals surface area contributed by atoms with Crippen LogP contribution in [0.25, 0.3) is 16.9 Å². The zero-order valence-electron chi connectivity index (χ0n) is 18.6. The minimum absolute atomic E-state index is 0.0806. The molecular weight excluding hydrogens is 420 g/mol. The molecule has 0 radical (unpaired) electrons. The van der Waals surface area contributed by atoms with E-state index in [9.17, 15) is 9.59 Å². The van der Waals surface area contributed by atoms with Crippen LogP contribution in [0.15, 0.2) is 65.6 Å². The van der Waals surface area contributed by atoms with Crippen LogP contribution < -0.4 is 10.2 Å². The molecule has 0 aliphatic carbocycles. The summed E-state index contributed by atoms with van der Waals surface area (Å²) in [5.74, 6) is 1.69. The van der Waals surface area contributed by atoms with Gasteiger partial charge in [0.2, 0.25) is 11.8 Å². The third kappa shape index (κ3) is 4.88. The number of anilines is 1. The van der Waals surface area contributed by atoms with Crippen molar-refractivity contribution in [3.8, 4) is 16.9 Å². The molecular formula is C25H28N4O2S. The molecule has 4 rings (SSSR count). The second kappa shape index (κ2) is 9.61. The van der Waals surface area contributed by atoms with Gasteiger partial charge < -0.3 is 5.32 Å². The molecule has 0 bridgehead atoms. The summed E-state index contributed by atoms with van der Waals surface area (Å²) in [7, 11) is 1.72. The van der Waals surface area contributed by atoms with Crippen molar-refractivity contribution in [3.05, 3.63) is 60.7 Å². The molecule has 0 spiro atoms. The van der Waals surface area contributed by atoms with Gasteiger partial charge in [0.25, 0.3) is 0 Å². The molecule has 2 amide bonds. The predicted octanol–water partition coefficient (Wildman–Crippen LogP) is 4.39. The van der Waals surface area contributed by atoms with E-state index in [1.54, 1.807) is 11.9 Å². The number of nitrogens with one attached hydrogen (secondary N) is 1. The molecule has 166 valence electrons. The first-order valence-corrected chi connectivity index (χ1v) is 11.8. The Morgan fingerprint density at radius 1 is 1.19 bits per heavy atom. The number of para-hydroxylation sites is 1. The molecule has 1 saturated heterocycles. The summed E-state index contributed by atoms with van der Waals surface area (Å²) < 4.78 is 1.88.